The summed E-state index contributed by atoms with van der Waals surface area (Å²) >= 11 is 0. The first-order chi connectivity index (χ1) is 18.5. The predicted octanol–water partition coefficient (Wildman–Crippen LogP) is 4.94. The van der Waals surface area contributed by atoms with E-state index in [1.165, 1.54) is 0 Å². The molecule has 0 saturated carbocycles. The van der Waals surface area contributed by atoms with E-state index in [-0.39, 0.29) is 29.7 Å². The van der Waals surface area contributed by atoms with Crippen molar-refractivity contribution < 1.29 is 14.4 Å². The Hall–Kier alpha value is -4.26. The minimum absolute atomic E-state index is 0.0956. The number of hydrogen-bond acceptors (Lipinski definition) is 4. The molecule has 0 fully saturated rings. The first kappa shape index (κ1) is 26.8. The standard InChI is InChI=1S/C31H34N4O3/c1-3-22(2)29(36)33-26-15-9-13-24(20-26)30(37)34-27(19-23-11-5-4-6-12-23)31(38)35-18-8-7-16-28(35)25-14-10-17-32-21-25/h4-15,17,20-22,27-28H,3,16,18-19H2,1-2H3,(H,33,36)(H,34,37)/t22-,27+,28?/m1/s1. The Labute approximate surface area is 224 Å². The number of rotatable bonds is 9. The van der Waals surface area contributed by atoms with E-state index >= 15 is 0 Å². The van der Waals surface area contributed by atoms with Gasteiger partial charge < -0.3 is 15.5 Å². The van der Waals surface area contributed by atoms with Gasteiger partial charge in [-0.3, -0.25) is 19.4 Å². The molecule has 4 rings (SSSR count). The van der Waals surface area contributed by atoms with Crippen molar-refractivity contribution in [1.82, 2.24) is 15.2 Å². The van der Waals surface area contributed by atoms with Crippen LogP contribution < -0.4 is 10.6 Å². The Bertz CT molecular complexity index is 1280. The number of nitrogens with zero attached hydrogens (tertiary/aromatic N) is 2. The Balaban J connectivity index is 1.57. The summed E-state index contributed by atoms with van der Waals surface area (Å²) in [5.74, 6) is -0.750. The molecule has 2 aromatic carbocycles. The smallest absolute Gasteiger partial charge is 0.252 e. The van der Waals surface area contributed by atoms with Crippen molar-refractivity contribution in [1.29, 1.82) is 0 Å². The zero-order valence-electron chi connectivity index (χ0n) is 21.8. The molecule has 0 bridgehead atoms. The van der Waals surface area contributed by atoms with Gasteiger partial charge in [0.15, 0.2) is 0 Å². The molecule has 1 aromatic heterocycles. The van der Waals surface area contributed by atoms with E-state index in [1.807, 2.05) is 67.3 Å². The van der Waals surface area contributed by atoms with Crippen molar-refractivity contribution in [2.24, 2.45) is 5.92 Å². The van der Waals surface area contributed by atoms with Crippen LogP contribution in [0.2, 0.25) is 0 Å². The fraction of sp³-hybridized carbons (Fsp3) is 0.290. The molecular weight excluding hydrogens is 476 g/mol. The van der Waals surface area contributed by atoms with Gasteiger partial charge in [-0.25, -0.2) is 0 Å². The number of pyridine rings is 1. The number of anilines is 1. The highest BCUT2D eigenvalue weighted by Gasteiger charge is 2.32. The molecule has 1 unspecified atom stereocenters. The highest BCUT2D eigenvalue weighted by atomic mass is 16.2. The average Bonchev–Trinajstić information content (AvgIpc) is 2.97. The SMILES string of the molecule is CC[C@@H](C)C(=O)Nc1cccc(C(=O)N[C@@H](Cc2ccccc2)C(=O)N2CC=CCC2c2cccnc2)c1. The van der Waals surface area contributed by atoms with Gasteiger partial charge in [0.05, 0.1) is 6.04 Å². The Morgan fingerprint density at radius 1 is 1.03 bits per heavy atom. The maximum absolute atomic E-state index is 14.0. The molecule has 3 aromatic rings. The van der Waals surface area contributed by atoms with Gasteiger partial charge in [0.2, 0.25) is 11.8 Å². The average molecular weight is 511 g/mol. The maximum Gasteiger partial charge on any atom is 0.252 e. The number of nitrogens with one attached hydrogen (secondary N) is 2. The molecule has 0 radical (unpaired) electrons. The molecule has 196 valence electrons. The zero-order valence-corrected chi connectivity index (χ0v) is 21.8. The van der Waals surface area contributed by atoms with Crippen molar-refractivity contribution in [2.45, 2.75) is 45.2 Å². The molecular formula is C31H34N4O3. The van der Waals surface area contributed by atoms with Gasteiger partial charge in [-0.2, -0.15) is 0 Å². The summed E-state index contributed by atoms with van der Waals surface area (Å²) < 4.78 is 0. The molecule has 0 spiro atoms. The van der Waals surface area contributed by atoms with E-state index in [1.54, 1.807) is 36.7 Å². The van der Waals surface area contributed by atoms with Crippen molar-refractivity contribution in [2.75, 3.05) is 11.9 Å². The van der Waals surface area contributed by atoms with Crippen LogP contribution in [0.25, 0.3) is 0 Å². The first-order valence-corrected chi connectivity index (χ1v) is 13.1. The minimum Gasteiger partial charge on any atom is -0.340 e. The lowest BCUT2D eigenvalue weighted by Gasteiger charge is -2.36. The second kappa shape index (κ2) is 12.8. The van der Waals surface area contributed by atoms with Crippen LogP contribution in [0.4, 0.5) is 5.69 Å². The summed E-state index contributed by atoms with van der Waals surface area (Å²) in [6, 6.07) is 19.4. The molecule has 1 aliphatic heterocycles. The second-order valence-corrected chi connectivity index (χ2v) is 9.59. The van der Waals surface area contributed by atoms with E-state index < -0.39 is 6.04 Å². The molecule has 0 aliphatic carbocycles. The van der Waals surface area contributed by atoms with Gasteiger partial charge in [0, 0.05) is 42.5 Å². The summed E-state index contributed by atoms with van der Waals surface area (Å²) in [4.78, 5) is 45.8. The van der Waals surface area contributed by atoms with Crippen molar-refractivity contribution in [3.8, 4) is 0 Å². The van der Waals surface area contributed by atoms with Crippen LogP contribution in [0, 0.1) is 5.92 Å². The molecule has 38 heavy (non-hydrogen) atoms. The summed E-state index contributed by atoms with van der Waals surface area (Å²) in [7, 11) is 0. The van der Waals surface area contributed by atoms with Crippen LogP contribution in [-0.4, -0.2) is 40.2 Å². The van der Waals surface area contributed by atoms with E-state index in [4.69, 9.17) is 0 Å². The fourth-order valence-electron chi connectivity index (χ4n) is 4.48. The molecule has 3 amide bonds. The molecule has 2 heterocycles. The monoisotopic (exact) mass is 510 g/mol. The topological polar surface area (TPSA) is 91.4 Å². The van der Waals surface area contributed by atoms with E-state index in [0.29, 0.717) is 30.6 Å². The van der Waals surface area contributed by atoms with Crippen LogP contribution in [0.15, 0.2) is 91.3 Å². The van der Waals surface area contributed by atoms with Crippen molar-refractivity contribution >= 4 is 23.4 Å². The van der Waals surface area contributed by atoms with Crippen LogP contribution in [0.5, 0.6) is 0 Å². The van der Waals surface area contributed by atoms with Crippen molar-refractivity contribution in [3.05, 3.63) is 108 Å². The van der Waals surface area contributed by atoms with Crippen LogP contribution in [-0.2, 0) is 16.0 Å². The largest absolute Gasteiger partial charge is 0.340 e. The Morgan fingerprint density at radius 3 is 2.58 bits per heavy atom. The highest BCUT2D eigenvalue weighted by Crippen LogP contribution is 2.28. The number of aromatic nitrogens is 1. The van der Waals surface area contributed by atoms with Gasteiger partial charge in [-0.05, 0) is 48.2 Å². The number of carbonyl (C=O) groups is 3. The van der Waals surface area contributed by atoms with Crippen LogP contribution >= 0.6 is 0 Å². The first-order valence-electron chi connectivity index (χ1n) is 13.1. The van der Waals surface area contributed by atoms with Gasteiger partial charge >= 0.3 is 0 Å². The summed E-state index contributed by atoms with van der Waals surface area (Å²) in [5.41, 5.74) is 2.83. The van der Waals surface area contributed by atoms with Gasteiger partial charge in [0.25, 0.3) is 5.91 Å². The van der Waals surface area contributed by atoms with Crippen molar-refractivity contribution in [3.63, 3.8) is 0 Å². The maximum atomic E-state index is 14.0. The molecule has 3 atom stereocenters. The molecule has 2 N–H and O–H groups in total. The third-order valence-electron chi connectivity index (χ3n) is 6.89. The quantitative estimate of drug-likeness (QED) is 0.399. The summed E-state index contributed by atoms with van der Waals surface area (Å²) in [6.45, 7) is 4.27. The lowest BCUT2D eigenvalue weighted by Crippen LogP contribution is -2.51. The second-order valence-electron chi connectivity index (χ2n) is 9.59. The predicted molar refractivity (Wildman–Crippen MR) is 148 cm³/mol. The number of amides is 3. The van der Waals surface area contributed by atoms with Gasteiger partial charge in [-0.15, -0.1) is 0 Å². The zero-order chi connectivity index (χ0) is 26.9. The molecule has 7 heteroatoms. The van der Waals surface area contributed by atoms with E-state index in [0.717, 1.165) is 17.5 Å². The number of benzene rings is 2. The highest BCUT2D eigenvalue weighted by molar-refractivity contribution is 5.99. The Kier molecular flexibility index (Phi) is 9.03. The van der Waals surface area contributed by atoms with E-state index in [9.17, 15) is 14.4 Å². The lowest BCUT2D eigenvalue weighted by molar-refractivity contribution is -0.135. The van der Waals surface area contributed by atoms with Gasteiger partial charge in [0.1, 0.15) is 6.04 Å². The van der Waals surface area contributed by atoms with Crippen LogP contribution in [0.1, 0.15) is 54.2 Å². The van der Waals surface area contributed by atoms with Gasteiger partial charge in [-0.1, -0.05) is 68.5 Å². The van der Waals surface area contributed by atoms with Crippen LogP contribution in [0.3, 0.4) is 0 Å². The normalized spacial score (nSPS) is 16.4. The lowest BCUT2D eigenvalue weighted by atomic mass is 9.97. The molecule has 7 nitrogen and oxygen atoms in total. The molecule has 0 saturated heterocycles. The third-order valence-corrected chi connectivity index (χ3v) is 6.89. The van der Waals surface area contributed by atoms with E-state index in [2.05, 4.69) is 21.7 Å². The fourth-order valence-corrected chi connectivity index (χ4v) is 4.48. The molecule has 1 aliphatic rings. The third kappa shape index (κ3) is 6.73. The summed E-state index contributed by atoms with van der Waals surface area (Å²) in [5, 5.41) is 5.85. The number of carbonyl (C=O) groups excluding carboxylic acids is 3. The Morgan fingerprint density at radius 2 is 1.84 bits per heavy atom. The minimum atomic E-state index is -0.770. The summed E-state index contributed by atoms with van der Waals surface area (Å²) in [6.07, 6.45) is 9.32. The number of hydrogen-bond donors (Lipinski definition) is 2.